The number of nitrogens with zero attached hydrogens (tertiary/aromatic N) is 1. The van der Waals surface area contributed by atoms with Crippen LogP contribution in [0.15, 0.2) is 53.5 Å². The van der Waals surface area contributed by atoms with Crippen molar-refractivity contribution in [2.75, 3.05) is 11.9 Å². The van der Waals surface area contributed by atoms with Gasteiger partial charge in [-0.05, 0) is 41.8 Å². The van der Waals surface area contributed by atoms with E-state index in [-0.39, 0.29) is 24.4 Å². The third-order valence-electron chi connectivity index (χ3n) is 5.77. The zero-order valence-corrected chi connectivity index (χ0v) is 19.6. The molecule has 1 aromatic heterocycles. The highest BCUT2D eigenvalue weighted by Gasteiger charge is 2.23. The number of hydrogen-bond donors (Lipinski definition) is 4. The molecule has 2 amide bonds. The van der Waals surface area contributed by atoms with Crippen molar-refractivity contribution >= 4 is 29.3 Å². The monoisotopic (exact) mass is 497 g/mol. The number of carbonyl (C=O) groups excluding carboxylic acids is 1. The highest BCUT2D eigenvalue weighted by molar-refractivity contribution is 6.31. The highest BCUT2D eigenvalue weighted by Crippen LogP contribution is 2.30. The van der Waals surface area contributed by atoms with E-state index in [9.17, 15) is 24.6 Å². The number of fused-ring (bicyclic) bond motifs is 1. The summed E-state index contributed by atoms with van der Waals surface area (Å²) in [6.45, 7) is 2.28. The number of ether oxygens (including phenoxy) is 1. The Balaban J connectivity index is 1.58. The van der Waals surface area contributed by atoms with Gasteiger partial charge in [0.25, 0.3) is 5.56 Å². The number of aromatic nitrogens is 1. The van der Waals surface area contributed by atoms with Crippen LogP contribution >= 0.6 is 11.6 Å². The minimum Gasteiger partial charge on any atom is -0.505 e. The molecule has 1 aliphatic rings. The van der Waals surface area contributed by atoms with Crippen LogP contribution in [0.5, 0.6) is 11.5 Å². The van der Waals surface area contributed by atoms with Crippen molar-refractivity contribution < 1.29 is 24.5 Å². The van der Waals surface area contributed by atoms with Crippen LogP contribution in [-0.2, 0) is 17.8 Å². The number of halogens is 1. The fourth-order valence-electron chi connectivity index (χ4n) is 3.99. The molecule has 1 atom stereocenters. The lowest BCUT2D eigenvalue weighted by molar-refractivity contribution is -0.137. The van der Waals surface area contributed by atoms with E-state index in [1.165, 1.54) is 10.8 Å². The van der Waals surface area contributed by atoms with Crippen LogP contribution in [0.25, 0.3) is 0 Å². The second kappa shape index (κ2) is 10.1. The number of aliphatic carboxylic acids is 1. The molecule has 10 heteroatoms. The van der Waals surface area contributed by atoms with Crippen molar-refractivity contribution in [1.29, 1.82) is 0 Å². The SMILES string of the molecule is Cc1cn(Cc2ccccc2Cl)c(=O)c(NC(=O)N[C@@H](CC(=O)O)c2ccc3c(c2)CCO3)c1O. The number of hydrogen-bond acceptors (Lipinski definition) is 5. The first kappa shape index (κ1) is 24.2. The maximum atomic E-state index is 13.1. The van der Waals surface area contributed by atoms with E-state index in [1.54, 1.807) is 49.4 Å². The van der Waals surface area contributed by atoms with E-state index in [1.807, 2.05) is 0 Å². The molecule has 0 radical (unpaired) electrons. The number of nitrogens with one attached hydrogen (secondary N) is 2. The van der Waals surface area contributed by atoms with E-state index < -0.39 is 23.6 Å². The number of benzene rings is 2. The standard InChI is InChI=1S/C25H24ClN3O6/c1-14-12-29(13-17-4-2-3-5-18(17)26)24(33)22(23(14)32)28-25(34)27-19(11-21(30)31)15-6-7-20-16(10-15)8-9-35-20/h2-7,10,12,19,32H,8-9,11,13H2,1H3,(H,30,31)(H2,27,28,34)/t19-/m0/s1. The third-order valence-corrected chi connectivity index (χ3v) is 6.14. The first-order valence-electron chi connectivity index (χ1n) is 10.9. The maximum absolute atomic E-state index is 13.1. The van der Waals surface area contributed by atoms with Gasteiger partial charge in [-0.25, -0.2) is 4.79 Å². The van der Waals surface area contributed by atoms with E-state index in [0.717, 1.165) is 11.3 Å². The van der Waals surface area contributed by atoms with Crippen LogP contribution in [0.4, 0.5) is 10.5 Å². The van der Waals surface area contributed by atoms with Gasteiger partial charge >= 0.3 is 12.0 Å². The predicted molar refractivity (Wildman–Crippen MR) is 130 cm³/mol. The molecule has 4 N–H and O–H groups in total. The van der Waals surface area contributed by atoms with Gasteiger partial charge in [0, 0.05) is 23.2 Å². The number of anilines is 1. The van der Waals surface area contributed by atoms with Gasteiger partial charge in [-0.3, -0.25) is 9.59 Å². The van der Waals surface area contributed by atoms with E-state index in [0.29, 0.717) is 34.7 Å². The molecule has 0 saturated heterocycles. The van der Waals surface area contributed by atoms with Crippen LogP contribution in [-0.4, -0.2) is 33.4 Å². The molecule has 9 nitrogen and oxygen atoms in total. The largest absolute Gasteiger partial charge is 0.505 e. The fourth-order valence-corrected chi connectivity index (χ4v) is 4.19. The minimum atomic E-state index is -1.10. The molecule has 0 fully saturated rings. The Kier molecular flexibility index (Phi) is 6.97. The van der Waals surface area contributed by atoms with Gasteiger partial charge in [0.15, 0.2) is 5.69 Å². The summed E-state index contributed by atoms with van der Waals surface area (Å²) in [5.74, 6) is -0.742. The number of amides is 2. The second-order valence-corrected chi connectivity index (χ2v) is 8.68. The van der Waals surface area contributed by atoms with Gasteiger partial charge in [0.2, 0.25) is 0 Å². The summed E-state index contributed by atoms with van der Waals surface area (Å²) >= 11 is 6.21. The molecule has 35 heavy (non-hydrogen) atoms. The first-order valence-corrected chi connectivity index (χ1v) is 11.3. The quantitative estimate of drug-likeness (QED) is 0.392. The average molecular weight is 498 g/mol. The number of urea groups is 1. The topological polar surface area (TPSA) is 130 Å². The number of aromatic hydroxyl groups is 1. The molecule has 0 saturated carbocycles. The number of carboxylic acid groups (broad SMARTS) is 1. The van der Waals surface area contributed by atoms with Crippen molar-refractivity contribution in [2.24, 2.45) is 0 Å². The lowest BCUT2D eigenvalue weighted by Gasteiger charge is -2.19. The van der Waals surface area contributed by atoms with Crippen LogP contribution in [0.2, 0.25) is 5.02 Å². The number of carbonyl (C=O) groups is 2. The zero-order chi connectivity index (χ0) is 25.1. The van der Waals surface area contributed by atoms with Gasteiger partial charge in [-0.15, -0.1) is 0 Å². The molecule has 182 valence electrons. The second-order valence-electron chi connectivity index (χ2n) is 8.27. The molecular weight excluding hydrogens is 474 g/mol. The van der Waals surface area contributed by atoms with Crippen LogP contribution in [0.1, 0.15) is 34.7 Å². The Labute approximate surface area is 205 Å². The van der Waals surface area contributed by atoms with Crippen molar-refractivity contribution in [3.63, 3.8) is 0 Å². The molecule has 0 unspecified atom stereocenters. The molecule has 0 spiro atoms. The van der Waals surface area contributed by atoms with E-state index >= 15 is 0 Å². The van der Waals surface area contributed by atoms with Gasteiger partial charge in [0.1, 0.15) is 11.5 Å². The molecule has 3 aromatic rings. The van der Waals surface area contributed by atoms with Crippen molar-refractivity contribution in [3.8, 4) is 11.5 Å². The predicted octanol–water partition coefficient (Wildman–Crippen LogP) is 3.84. The Morgan fingerprint density at radius 1 is 1.23 bits per heavy atom. The Morgan fingerprint density at radius 2 is 2.00 bits per heavy atom. The van der Waals surface area contributed by atoms with Crippen LogP contribution in [0.3, 0.4) is 0 Å². The van der Waals surface area contributed by atoms with E-state index in [4.69, 9.17) is 16.3 Å². The smallest absolute Gasteiger partial charge is 0.319 e. The van der Waals surface area contributed by atoms with Gasteiger partial charge < -0.3 is 30.2 Å². The van der Waals surface area contributed by atoms with Crippen molar-refractivity contribution in [1.82, 2.24) is 9.88 Å². The molecule has 2 aromatic carbocycles. The molecule has 1 aliphatic heterocycles. The van der Waals surface area contributed by atoms with Crippen molar-refractivity contribution in [3.05, 3.63) is 86.3 Å². The molecule has 4 rings (SSSR count). The normalized spacial score (nSPS) is 13.0. The number of rotatable bonds is 7. The average Bonchev–Trinajstić information content (AvgIpc) is 3.29. The molecular formula is C25H24ClN3O6. The van der Waals surface area contributed by atoms with Gasteiger partial charge in [-0.2, -0.15) is 0 Å². The fraction of sp³-hybridized carbons (Fsp3) is 0.240. The Hall–Kier alpha value is -3.98. The summed E-state index contributed by atoms with van der Waals surface area (Å²) in [6.07, 6.45) is 1.80. The summed E-state index contributed by atoms with van der Waals surface area (Å²) in [6, 6.07) is 10.6. The highest BCUT2D eigenvalue weighted by atomic mass is 35.5. The number of carboxylic acids is 1. The Morgan fingerprint density at radius 3 is 2.74 bits per heavy atom. The number of aryl methyl sites for hydroxylation is 1. The maximum Gasteiger partial charge on any atom is 0.319 e. The van der Waals surface area contributed by atoms with Gasteiger partial charge in [-0.1, -0.05) is 35.9 Å². The van der Waals surface area contributed by atoms with Crippen molar-refractivity contribution in [2.45, 2.75) is 32.4 Å². The summed E-state index contributed by atoms with van der Waals surface area (Å²) in [7, 11) is 0. The summed E-state index contributed by atoms with van der Waals surface area (Å²) in [4.78, 5) is 37.3. The summed E-state index contributed by atoms with van der Waals surface area (Å²) in [5, 5.41) is 25.3. The molecule has 0 bridgehead atoms. The van der Waals surface area contributed by atoms with E-state index in [2.05, 4.69) is 10.6 Å². The first-order chi connectivity index (χ1) is 16.7. The zero-order valence-electron chi connectivity index (χ0n) is 18.9. The van der Waals surface area contributed by atoms with Crippen LogP contribution in [0, 0.1) is 6.92 Å². The summed E-state index contributed by atoms with van der Waals surface area (Å²) < 4.78 is 6.82. The molecule has 2 heterocycles. The van der Waals surface area contributed by atoms with Gasteiger partial charge in [0.05, 0.1) is 25.6 Å². The summed E-state index contributed by atoms with van der Waals surface area (Å²) in [5.41, 5.74) is 1.64. The molecule has 0 aliphatic carbocycles. The Bertz CT molecular complexity index is 1350. The lowest BCUT2D eigenvalue weighted by atomic mass is 10.0. The lowest BCUT2D eigenvalue weighted by Crippen LogP contribution is -2.36. The minimum absolute atomic E-state index is 0.134. The number of pyridine rings is 1. The third kappa shape index (κ3) is 5.41. The van der Waals surface area contributed by atoms with Crippen LogP contribution < -0.4 is 20.9 Å².